The molecule has 4 heteroatoms. The maximum absolute atomic E-state index is 2.40. The minimum absolute atomic E-state index is 1.14. The highest BCUT2D eigenvalue weighted by atomic mass is 28.3. The number of anilines is 6. The number of nitrogens with zero attached hydrogens (tertiary/aromatic N) is 2. The third-order valence-corrected chi connectivity index (χ3v) is 16.7. The smallest absolute Gasteiger partial charge is 0.0775 e. The first kappa shape index (κ1) is 39.4. The summed E-state index contributed by atoms with van der Waals surface area (Å²) in [4.78, 5) is 4.72. The lowest BCUT2D eigenvalue weighted by Gasteiger charge is -2.27. The molecule has 0 spiro atoms. The van der Waals surface area contributed by atoms with Crippen molar-refractivity contribution in [1.29, 1.82) is 0 Å². The second kappa shape index (κ2) is 15.6. The van der Waals surface area contributed by atoms with Crippen LogP contribution in [0.5, 0.6) is 0 Å². The van der Waals surface area contributed by atoms with E-state index in [2.05, 4.69) is 255 Å². The first-order valence-corrected chi connectivity index (χ1v) is 28.8. The summed E-state index contributed by atoms with van der Waals surface area (Å²) in [7, 11) is -2.83. The number of para-hydroxylation sites is 2. The average Bonchev–Trinajstić information content (AvgIpc) is 3.29. The molecule has 0 unspecified atom stereocenters. The van der Waals surface area contributed by atoms with E-state index in [1.54, 1.807) is 0 Å². The van der Waals surface area contributed by atoms with E-state index in [9.17, 15) is 0 Å². The van der Waals surface area contributed by atoms with E-state index in [1.807, 2.05) is 0 Å². The molecule has 0 N–H and O–H groups in total. The summed E-state index contributed by atoms with van der Waals surface area (Å²) < 4.78 is 0. The van der Waals surface area contributed by atoms with Gasteiger partial charge in [-0.2, -0.15) is 0 Å². The van der Waals surface area contributed by atoms with Crippen LogP contribution in [0.2, 0.25) is 39.3 Å². The van der Waals surface area contributed by atoms with Gasteiger partial charge in [0.05, 0.1) is 16.1 Å². The van der Waals surface area contributed by atoms with Gasteiger partial charge >= 0.3 is 0 Å². The maximum Gasteiger partial charge on any atom is 0.0775 e. The van der Waals surface area contributed by atoms with Gasteiger partial charge in [-0.1, -0.05) is 183 Å². The molecule has 2 nitrogen and oxygen atoms in total. The molecule has 0 bridgehead atoms. The monoisotopic (exact) mass is 832 g/mol. The van der Waals surface area contributed by atoms with Crippen molar-refractivity contribution in [2.45, 2.75) is 39.3 Å². The number of benzene rings is 10. The fourth-order valence-electron chi connectivity index (χ4n) is 9.15. The Bertz CT molecular complexity index is 2930. The van der Waals surface area contributed by atoms with Crippen molar-refractivity contribution >= 4 is 93.0 Å². The second-order valence-electron chi connectivity index (χ2n) is 18.7. The molecule has 10 rings (SSSR count). The number of hydrogen-bond acceptors (Lipinski definition) is 2. The van der Waals surface area contributed by atoms with Crippen LogP contribution in [0.25, 0.3) is 54.6 Å². The standard InChI is InChI=1S/C58H52N2Si2/c1-61(2,3)51-33-29-49(30-34-51)59(45-13-9-7-10-14-45)47-25-17-41(18-26-47)53-37-21-43-24-40-56-54(38-22-44-23-39-55(53)57(43)58(44)56)42-19-27-48(28-20-42)60(46-15-11-8-12-16-46)50-31-35-52(36-32-50)62(4,5)6/h7-40H,1-6H3. The van der Waals surface area contributed by atoms with Crippen LogP contribution in [-0.2, 0) is 0 Å². The highest BCUT2D eigenvalue weighted by molar-refractivity contribution is 6.89. The minimum Gasteiger partial charge on any atom is -0.311 e. The first-order valence-electron chi connectivity index (χ1n) is 21.8. The van der Waals surface area contributed by atoms with Crippen molar-refractivity contribution < 1.29 is 0 Å². The zero-order chi connectivity index (χ0) is 42.6. The van der Waals surface area contributed by atoms with Crippen LogP contribution in [0.1, 0.15) is 0 Å². The summed E-state index contributed by atoms with van der Waals surface area (Å²) in [5.74, 6) is 0. The van der Waals surface area contributed by atoms with Crippen molar-refractivity contribution in [2.75, 3.05) is 9.80 Å². The van der Waals surface area contributed by atoms with E-state index in [0.717, 1.165) is 22.7 Å². The Kier molecular flexibility index (Phi) is 9.94. The molecule has 0 atom stereocenters. The van der Waals surface area contributed by atoms with Gasteiger partial charge in [0, 0.05) is 34.1 Å². The van der Waals surface area contributed by atoms with Gasteiger partial charge in [0.1, 0.15) is 0 Å². The topological polar surface area (TPSA) is 6.48 Å². The summed E-state index contributed by atoms with van der Waals surface area (Å²) in [6.45, 7) is 14.4. The Morgan fingerprint density at radius 1 is 0.274 bits per heavy atom. The summed E-state index contributed by atoms with van der Waals surface area (Å²) >= 11 is 0. The van der Waals surface area contributed by atoms with Gasteiger partial charge < -0.3 is 9.80 Å². The molecule has 10 aromatic rings. The second-order valence-corrected chi connectivity index (χ2v) is 28.8. The van der Waals surface area contributed by atoms with Gasteiger partial charge in [-0.15, -0.1) is 0 Å². The molecule has 0 amide bonds. The zero-order valence-corrected chi connectivity index (χ0v) is 38.5. The molecule has 0 fully saturated rings. The van der Waals surface area contributed by atoms with Crippen molar-refractivity contribution in [2.24, 2.45) is 0 Å². The van der Waals surface area contributed by atoms with Gasteiger partial charge in [-0.3, -0.25) is 0 Å². The molecule has 0 aliphatic heterocycles. The first-order chi connectivity index (χ1) is 30.0. The predicted octanol–water partition coefficient (Wildman–Crippen LogP) is 15.9. The fraction of sp³-hybridized carbons (Fsp3) is 0.103. The molecule has 0 heterocycles. The van der Waals surface area contributed by atoms with E-state index in [-0.39, 0.29) is 0 Å². The van der Waals surface area contributed by atoms with Crippen molar-refractivity contribution in [3.8, 4) is 22.3 Å². The highest BCUT2D eigenvalue weighted by Crippen LogP contribution is 2.44. The molecule has 0 aliphatic rings. The molecular formula is C58H52N2Si2. The number of rotatable bonds is 10. The van der Waals surface area contributed by atoms with E-state index < -0.39 is 16.1 Å². The molecule has 0 radical (unpaired) electrons. The van der Waals surface area contributed by atoms with Gasteiger partial charge in [0.15, 0.2) is 0 Å². The predicted molar refractivity (Wildman–Crippen MR) is 276 cm³/mol. The molecule has 0 saturated carbocycles. The Labute approximate surface area is 368 Å². The van der Waals surface area contributed by atoms with Crippen LogP contribution in [0.15, 0.2) is 206 Å². The fourth-order valence-corrected chi connectivity index (χ4v) is 11.5. The van der Waals surface area contributed by atoms with Crippen LogP contribution in [-0.4, -0.2) is 16.1 Å². The summed E-state index contributed by atoms with van der Waals surface area (Å²) in [5, 5.41) is 10.7. The Balaban J connectivity index is 1.02. The van der Waals surface area contributed by atoms with Gasteiger partial charge in [-0.25, -0.2) is 0 Å². The lowest BCUT2D eigenvalue weighted by molar-refractivity contribution is 1.28. The Hall–Kier alpha value is -6.73. The van der Waals surface area contributed by atoms with Crippen LogP contribution in [0.4, 0.5) is 34.1 Å². The zero-order valence-electron chi connectivity index (χ0n) is 36.5. The molecule has 10 aromatic carbocycles. The number of hydrogen-bond donors (Lipinski definition) is 0. The van der Waals surface area contributed by atoms with Crippen LogP contribution in [0, 0.1) is 0 Å². The van der Waals surface area contributed by atoms with Crippen molar-refractivity contribution in [1.82, 2.24) is 0 Å². The van der Waals surface area contributed by atoms with E-state index in [1.165, 1.54) is 76.3 Å². The van der Waals surface area contributed by atoms with Crippen LogP contribution >= 0.6 is 0 Å². The van der Waals surface area contributed by atoms with Gasteiger partial charge in [-0.05, 0) is 127 Å². The van der Waals surface area contributed by atoms with E-state index in [4.69, 9.17) is 0 Å². The maximum atomic E-state index is 2.40. The average molecular weight is 833 g/mol. The SMILES string of the molecule is C[Si](C)(C)c1ccc(N(c2ccccc2)c2ccc(-c3ccc4ccc5c(-c6ccc(N(c7ccccc7)c7ccc([Si](C)(C)C)cc7)cc6)ccc6ccc3c4c65)cc2)cc1. The van der Waals surface area contributed by atoms with Gasteiger partial charge in [0.2, 0.25) is 0 Å². The lowest BCUT2D eigenvalue weighted by Crippen LogP contribution is -2.37. The molecule has 0 aliphatic carbocycles. The Morgan fingerprint density at radius 2 is 0.565 bits per heavy atom. The molecular weight excluding hydrogens is 781 g/mol. The largest absolute Gasteiger partial charge is 0.311 e. The van der Waals surface area contributed by atoms with E-state index >= 15 is 0 Å². The van der Waals surface area contributed by atoms with Gasteiger partial charge in [0.25, 0.3) is 0 Å². The summed E-state index contributed by atoms with van der Waals surface area (Å²) in [6, 6.07) is 76.6. The lowest BCUT2D eigenvalue weighted by atomic mass is 9.87. The molecule has 62 heavy (non-hydrogen) atoms. The quantitative estimate of drug-likeness (QED) is 0.100. The summed E-state index contributed by atoms with van der Waals surface area (Å²) in [6.07, 6.45) is 0. The Morgan fingerprint density at radius 3 is 0.887 bits per heavy atom. The normalized spacial score (nSPS) is 12.0. The van der Waals surface area contributed by atoms with Crippen LogP contribution < -0.4 is 20.2 Å². The molecule has 0 aromatic heterocycles. The third kappa shape index (κ3) is 7.29. The highest BCUT2D eigenvalue weighted by Gasteiger charge is 2.21. The third-order valence-electron chi connectivity index (χ3n) is 12.5. The van der Waals surface area contributed by atoms with Crippen LogP contribution in [0.3, 0.4) is 0 Å². The summed E-state index contributed by atoms with van der Waals surface area (Å²) in [5.41, 5.74) is 11.8. The molecule has 0 saturated heterocycles. The van der Waals surface area contributed by atoms with E-state index in [0.29, 0.717) is 0 Å². The van der Waals surface area contributed by atoms with Crippen molar-refractivity contribution in [3.63, 3.8) is 0 Å². The molecule has 302 valence electrons. The van der Waals surface area contributed by atoms with Crippen molar-refractivity contribution in [3.05, 3.63) is 206 Å². The minimum atomic E-state index is -1.42.